The number of carbonyl (C=O) groups is 3. The number of ether oxygens (including phenoxy) is 4. The minimum Gasteiger partial charge on any atom is -0.461 e. The van der Waals surface area contributed by atoms with Crippen LogP contribution < -0.4 is 10.0 Å². The lowest BCUT2D eigenvalue weighted by molar-refractivity contribution is -0.789. The van der Waals surface area contributed by atoms with Crippen LogP contribution in [0.4, 0.5) is 4.39 Å². The molecule has 5 rings (SSSR count). The van der Waals surface area contributed by atoms with Crippen molar-refractivity contribution in [3.05, 3.63) is 115 Å². The van der Waals surface area contributed by atoms with Gasteiger partial charge in [-0.15, -0.1) is 32.5 Å². The standard InChI is InChI=1S/C37H37FN3O14PS3/c1-23-31(17-24-3-10-29(11-4-24)59(2)49)30-12-5-25(38)18-33(30)32(23)20-36(43)54-34(22-51-35(42)19-27(55-41(47)48)21-52-40(45)46)37(44)53-26-6-8-28(9-7-26)56(57,58)39-13-15-50-16-14-39/h3-12,17-18,27,34H,13-16,19-22H2,1-2H3,(H,57,58). The number of rotatable bonds is 18. The summed E-state index contributed by atoms with van der Waals surface area (Å²) >= 11 is 10.6. The SMILES string of the molecule is CC1=C(CC(=O)OC(COC(=O)CC(CO[N+](=O)[O-])O[N+](=O)[O-])C(=O)Oc2ccc(P(=S)(S)N3CCOCC3)cc2)c2cc(F)ccc2C1=Cc1ccc(S(C)=O)cc1. The maximum Gasteiger partial charge on any atom is 0.356 e. The van der Waals surface area contributed by atoms with Crippen LogP contribution in [-0.4, -0.2) is 94.9 Å². The molecule has 1 aliphatic carbocycles. The molecule has 0 radical (unpaired) electrons. The van der Waals surface area contributed by atoms with Crippen molar-refractivity contribution in [1.29, 1.82) is 0 Å². The minimum absolute atomic E-state index is 0.0135. The number of halogens is 1. The van der Waals surface area contributed by atoms with Crippen molar-refractivity contribution in [3.63, 3.8) is 0 Å². The van der Waals surface area contributed by atoms with Crippen LogP contribution in [-0.2, 0) is 60.9 Å². The summed E-state index contributed by atoms with van der Waals surface area (Å²) in [4.78, 5) is 70.4. The van der Waals surface area contributed by atoms with E-state index in [2.05, 4.69) is 9.68 Å². The van der Waals surface area contributed by atoms with Gasteiger partial charge in [0.15, 0.2) is 0 Å². The highest BCUT2D eigenvalue weighted by Crippen LogP contribution is 2.53. The van der Waals surface area contributed by atoms with Gasteiger partial charge in [0.1, 0.15) is 30.9 Å². The van der Waals surface area contributed by atoms with Gasteiger partial charge in [0.25, 0.3) is 10.2 Å². The Morgan fingerprint density at radius 2 is 1.68 bits per heavy atom. The number of hydrogen-bond acceptors (Lipinski definition) is 15. The Hall–Kier alpha value is -5.05. The van der Waals surface area contributed by atoms with Crippen molar-refractivity contribution in [2.75, 3.05) is 45.8 Å². The van der Waals surface area contributed by atoms with E-state index in [0.29, 0.717) is 64.3 Å². The van der Waals surface area contributed by atoms with Crippen LogP contribution in [0, 0.1) is 26.0 Å². The Morgan fingerprint density at radius 3 is 2.31 bits per heavy atom. The molecule has 2 aliphatic rings. The smallest absolute Gasteiger partial charge is 0.356 e. The van der Waals surface area contributed by atoms with Gasteiger partial charge in [-0.05, 0) is 94.9 Å². The minimum atomic E-state index is -2.47. The summed E-state index contributed by atoms with van der Waals surface area (Å²) in [6, 6.07) is 17.3. The first-order chi connectivity index (χ1) is 28.0. The zero-order valence-corrected chi connectivity index (χ0v) is 34.8. The van der Waals surface area contributed by atoms with E-state index in [0.717, 1.165) is 5.56 Å². The van der Waals surface area contributed by atoms with Crippen molar-refractivity contribution in [2.45, 2.75) is 36.9 Å². The predicted octanol–water partition coefficient (Wildman–Crippen LogP) is 4.71. The lowest BCUT2D eigenvalue weighted by Gasteiger charge is -2.34. The summed E-state index contributed by atoms with van der Waals surface area (Å²) in [5.74, 6) is -3.95. The van der Waals surface area contributed by atoms with Gasteiger partial charge >= 0.3 is 17.9 Å². The van der Waals surface area contributed by atoms with Gasteiger partial charge < -0.3 is 28.6 Å². The fourth-order valence-corrected chi connectivity index (χ4v) is 9.96. The zero-order chi connectivity index (χ0) is 42.9. The summed E-state index contributed by atoms with van der Waals surface area (Å²) < 4.78 is 50.1. The summed E-state index contributed by atoms with van der Waals surface area (Å²) in [6.45, 7) is 1.99. The Bertz CT molecular complexity index is 2230. The van der Waals surface area contributed by atoms with Crippen LogP contribution in [0.3, 0.4) is 0 Å². The van der Waals surface area contributed by atoms with Crippen molar-refractivity contribution >= 4 is 80.7 Å². The molecular formula is C37H37FN3O14PS3. The Kier molecular flexibility index (Phi) is 15.5. The van der Waals surface area contributed by atoms with E-state index in [1.165, 1.54) is 24.3 Å². The molecule has 314 valence electrons. The van der Waals surface area contributed by atoms with E-state index < -0.39 is 88.4 Å². The molecule has 1 fully saturated rings. The number of carbonyl (C=O) groups excluding carboxylic acids is 3. The van der Waals surface area contributed by atoms with Gasteiger partial charge in [-0.1, -0.05) is 30.0 Å². The van der Waals surface area contributed by atoms with E-state index in [1.54, 1.807) is 55.6 Å². The molecule has 59 heavy (non-hydrogen) atoms. The molecule has 22 heteroatoms. The molecule has 0 bridgehead atoms. The summed E-state index contributed by atoms with van der Waals surface area (Å²) in [5.41, 5.74) is 3.43. The maximum atomic E-state index is 14.6. The number of thiol groups is 1. The van der Waals surface area contributed by atoms with E-state index in [1.807, 2.05) is 10.7 Å². The van der Waals surface area contributed by atoms with Gasteiger partial charge in [0.05, 0.1) is 31.4 Å². The highest BCUT2D eigenvalue weighted by Gasteiger charge is 2.32. The Labute approximate surface area is 349 Å². The molecule has 3 aromatic rings. The normalized spacial score (nSPS) is 17.2. The molecule has 0 spiro atoms. The number of esters is 3. The summed E-state index contributed by atoms with van der Waals surface area (Å²) in [5, 5.41) is 17.2. The van der Waals surface area contributed by atoms with Gasteiger partial charge in [0, 0.05) is 40.3 Å². The molecule has 1 saturated heterocycles. The Balaban J connectivity index is 1.36. The molecule has 1 heterocycles. The fraction of sp³-hybridized carbons (Fsp3) is 0.324. The third-order valence-electron chi connectivity index (χ3n) is 8.99. The average Bonchev–Trinajstić information content (AvgIpc) is 3.44. The van der Waals surface area contributed by atoms with Gasteiger partial charge in [-0.2, -0.15) is 0 Å². The zero-order valence-electron chi connectivity index (χ0n) is 31.4. The van der Waals surface area contributed by atoms with Crippen LogP contribution in [0.15, 0.2) is 77.2 Å². The number of fused-ring (bicyclic) bond motifs is 1. The molecule has 1 aliphatic heterocycles. The van der Waals surface area contributed by atoms with Crippen LogP contribution in [0.25, 0.3) is 17.2 Å². The molecule has 4 unspecified atom stereocenters. The van der Waals surface area contributed by atoms with Crippen molar-refractivity contribution in [1.82, 2.24) is 4.67 Å². The highest BCUT2D eigenvalue weighted by atomic mass is 32.9. The van der Waals surface area contributed by atoms with Crippen molar-refractivity contribution in [3.8, 4) is 5.75 Å². The summed E-state index contributed by atoms with van der Waals surface area (Å²) in [7, 11) is -1.19. The third kappa shape index (κ3) is 12.2. The number of benzene rings is 3. The molecule has 0 N–H and O–H groups in total. The molecule has 0 amide bonds. The van der Waals surface area contributed by atoms with Crippen molar-refractivity contribution in [2.24, 2.45) is 0 Å². The van der Waals surface area contributed by atoms with E-state index >= 15 is 0 Å². The predicted molar refractivity (Wildman–Crippen MR) is 218 cm³/mol. The second-order valence-corrected chi connectivity index (χ2v) is 20.6. The number of hydrogen-bond donors (Lipinski definition) is 1. The highest BCUT2D eigenvalue weighted by molar-refractivity contribution is 8.65. The van der Waals surface area contributed by atoms with Gasteiger partial charge in [0.2, 0.25) is 6.10 Å². The first-order valence-electron chi connectivity index (χ1n) is 17.6. The monoisotopic (exact) mass is 893 g/mol. The number of nitrogens with zero attached hydrogens (tertiary/aromatic N) is 3. The quantitative estimate of drug-likeness (QED) is 0.0457. The molecule has 17 nitrogen and oxygen atoms in total. The second-order valence-electron chi connectivity index (χ2n) is 12.9. The first-order valence-corrected chi connectivity index (χ1v) is 23.1. The summed E-state index contributed by atoms with van der Waals surface area (Å²) in [6.07, 6.45) is -1.66. The molecule has 0 aromatic heterocycles. The van der Waals surface area contributed by atoms with E-state index in [4.69, 9.17) is 43.0 Å². The van der Waals surface area contributed by atoms with Crippen LogP contribution in [0.5, 0.6) is 5.75 Å². The van der Waals surface area contributed by atoms with Crippen LogP contribution in [0.1, 0.15) is 36.5 Å². The fourth-order valence-electron chi connectivity index (χ4n) is 6.08. The number of allylic oxidation sites excluding steroid dienone is 2. The van der Waals surface area contributed by atoms with Gasteiger partial charge in [-0.25, -0.2) is 9.18 Å². The molecule has 4 atom stereocenters. The van der Waals surface area contributed by atoms with Crippen LogP contribution >= 0.6 is 17.6 Å². The topological polar surface area (TPSA) is 213 Å². The lowest BCUT2D eigenvalue weighted by atomic mass is 10.0. The van der Waals surface area contributed by atoms with Crippen molar-refractivity contribution < 1.29 is 61.8 Å². The first kappa shape index (κ1) is 45.0. The third-order valence-corrected chi connectivity index (χ3v) is 14.8. The second kappa shape index (κ2) is 20.3. The largest absolute Gasteiger partial charge is 0.461 e. The Morgan fingerprint density at radius 1 is 1.00 bits per heavy atom. The van der Waals surface area contributed by atoms with Crippen LogP contribution in [0.2, 0.25) is 0 Å². The van der Waals surface area contributed by atoms with E-state index in [-0.39, 0.29) is 5.75 Å². The molecule has 3 aromatic carbocycles. The lowest BCUT2D eigenvalue weighted by Crippen LogP contribution is -2.37. The maximum absolute atomic E-state index is 14.6. The average molecular weight is 894 g/mol. The molecule has 0 saturated carbocycles. The van der Waals surface area contributed by atoms with E-state index in [9.17, 15) is 43.2 Å². The van der Waals surface area contributed by atoms with Gasteiger partial charge in [-0.3, -0.25) is 18.5 Å². The molecular weight excluding hydrogens is 857 g/mol. The number of morpholine rings is 1.